The van der Waals surface area contributed by atoms with Gasteiger partial charge in [-0.3, -0.25) is 14.3 Å². The molecular weight excluding hydrogens is 659 g/mol. The molecule has 7 rings (SSSR count). The van der Waals surface area contributed by atoms with E-state index in [1.807, 2.05) is 108 Å². The van der Waals surface area contributed by atoms with Crippen molar-refractivity contribution in [3.63, 3.8) is 0 Å². The molecule has 2 amide bonds. The van der Waals surface area contributed by atoms with Crippen LogP contribution in [0, 0.1) is 5.92 Å². The first-order valence-corrected chi connectivity index (χ1v) is 21.4. The minimum absolute atomic E-state index is 0.0838. The Kier molecular flexibility index (Phi) is 9.99. The number of rotatable bonds is 10. The summed E-state index contributed by atoms with van der Waals surface area (Å²) in [7, 11) is -2.84. The molecule has 1 unspecified atom stereocenters. The second kappa shape index (κ2) is 14.5. The number of aromatic nitrogens is 3. The lowest BCUT2D eigenvalue weighted by atomic mass is 9.82. The standard InChI is InChI=1S/C40H49N5O5Si/c1-28-38(51(2,3)49)36(21-23-43-26-34(41-42-43)32(27-46)30-15-7-6-8-16-30)50-40(28)33-18-10-11-19-35(33)45(39(40)48)25-29-14-13-17-31(24-29)44-22-12-5-4-9-20-37(44)47/h6-8,10-11,13-19,24,26,28,32,36,38,46,49H,4-5,9,12,20-23,25,27H2,1-3H3/t28-,32?,36+,38-,40+/m1/s1. The topological polar surface area (TPSA) is 121 Å². The zero-order valence-electron chi connectivity index (χ0n) is 29.8. The quantitative estimate of drug-likeness (QED) is 0.190. The van der Waals surface area contributed by atoms with E-state index in [9.17, 15) is 19.5 Å². The number of aryl methyl sites for hydroxylation is 1. The molecule has 2 fully saturated rings. The maximum atomic E-state index is 14.9. The predicted octanol–water partition coefficient (Wildman–Crippen LogP) is 6.13. The molecule has 1 spiro atoms. The van der Waals surface area contributed by atoms with Gasteiger partial charge in [0.1, 0.15) is 0 Å². The predicted molar refractivity (Wildman–Crippen MR) is 199 cm³/mol. The molecule has 51 heavy (non-hydrogen) atoms. The van der Waals surface area contributed by atoms with Gasteiger partial charge in [0.05, 0.1) is 36.6 Å². The van der Waals surface area contributed by atoms with Crippen LogP contribution in [-0.2, 0) is 33.0 Å². The minimum atomic E-state index is -2.84. The number of nitrogens with zero attached hydrogens (tertiary/aromatic N) is 5. The Balaban J connectivity index is 1.14. The number of anilines is 2. The molecule has 10 nitrogen and oxygen atoms in total. The van der Waals surface area contributed by atoms with Crippen molar-refractivity contribution in [2.75, 3.05) is 23.0 Å². The zero-order valence-corrected chi connectivity index (χ0v) is 30.8. The Morgan fingerprint density at radius 2 is 1.75 bits per heavy atom. The molecule has 268 valence electrons. The molecule has 4 heterocycles. The summed E-state index contributed by atoms with van der Waals surface area (Å²) in [5.41, 5.74) is 3.66. The highest BCUT2D eigenvalue weighted by molar-refractivity contribution is 6.71. The number of carbonyl (C=O) groups excluding carboxylic acids is 2. The zero-order chi connectivity index (χ0) is 35.8. The van der Waals surface area contributed by atoms with Crippen LogP contribution in [-0.4, -0.2) is 64.3 Å². The van der Waals surface area contributed by atoms with Gasteiger partial charge in [0.2, 0.25) is 5.91 Å². The second-order valence-electron chi connectivity index (χ2n) is 15.0. The number of ether oxygens (including phenoxy) is 1. The highest BCUT2D eigenvalue weighted by Crippen LogP contribution is 2.59. The summed E-state index contributed by atoms with van der Waals surface area (Å²) in [5.74, 6) is -0.524. The van der Waals surface area contributed by atoms with E-state index in [1.54, 1.807) is 4.68 Å². The molecule has 0 bridgehead atoms. The minimum Gasteiger partial charge on any atom is -0.432 e. The highest BCUT2D eigenvalue weighted by Gasteiger charge is 2.66. The number of para-hydroxylation sites is 1. The number of amides is 2. The fourth-order valence-corrected chi connectivity index (χ4v) is 11.4. The lowest BCUT2D eigenvalue weighted by Gasteiger charge is -2.32. The monoisotopic (exact) mass is 707 g/mol. The van der Waals surface area contributed by atoms with Crippen molar-refractivity contribution >= 4 is 31.5 Å². The molecule has 1 aromatic heterocycles. The molecule has 3 aromatic carbocycles. The first kappa shape index (κ1) is 35.2. The Labute approximate surface area is 301 Å². The Morgan fingerprint density at radius 1 is 0.980 bits per heavy atom. The van der Waals surface area contributed by atoms with E-state index < -0.39 is 13.9 Å². The van der Waals surface area contributed by atoms with E-state index in [1.165, 1.54) is 0 Å². The number of hydrogen-bond donors (Lipinski definition) is 2. The van der Waals surface area contributed by atoms with Crippen LogP contribution in [0.4, 0.5) is 11.4 Å². The number of fused-ring (bicyclic) bond motifs is 2. The summed E-state index contributed by atoms with van der Waals surface area (Å²) in [4.78, 5) is 43.4. The van der Waals surface area contributed by atoms with Gasteiger partial charge >= 0.3 is 0 Å². The Hall–Kier alpha value is -4.16. The van der Waals surface area contributed by atoms with Gasteiger partial charge in [0.15, 0.2) is 13.9 Å². The lowest BCUT2D eigenvalue weighted by molar-refractivity contribution is -0.146. The van der Waals surface area contributed by atoms with Crippen LogP contribution in [0.15, 0.2) is 85.1 Å². The highest BCUT2D eigenvalue weighted by atomic mass is 28.4. The maximum absolute atomic E-state index is 14.9. The van der Waals surface area contributed by atoms with Crippen LogP contribution in [0.1, 0.15) is 73.8 Å². The van der Waals surface area contributed by atoms with Crippen molar-refractivity contribution in [1.82, 2.24) is 15.0 Å². The summed E-state index contributed by atoms with van der Waals surface area (Å²) in [5, 5.41) is 18.9. The van der Waals surface area contributed by atoms with Gasteiger partial charge in [-0.1, -0.05) is 85.6 Å². The SMILES string of the molecule is C[C@@H]1[C@@H]([Si](C)(C)O)[C@H](CCn2cc(C(CO)c3ccccc3)nn2)O[C@@]12C(=O)N(Cc1cccc(N3CCCCCCC3=O)c1)c1ccccc12. The summed E-state index contributed by atoms with van der Waals surface area (Å²) in [6.45, 7) is 7.37. The van der Waals surface area contributed by atoms with E-state index >= 15 is 0 Å². The first-order valence-electron chi connectivity index (χ1n) is 18.4. The third kappa shape index (κ3) is 6.68. The van der Waals surface area contributed by atoms with Crippen LogP contribution in [0.5, 0.6) is 0 Å². The van der Waals surface area contributed by atoms with Crippen molar-refractivity contribution in [3.05, 3.63) is 107 Å². The van der Waals surface area contributed by atoms with Crippen molar-refractivity contribution in [3.8, 4) is 0 Å². The van der Waals surface area contributed by atoms with E-state index in [0.717, 1.165) is 53.7 Å². The molecular formula is C40H49N5O5Si. The number of carbonyl (C=O) groups is 2. The normalized spacial score (nSPS) is 24.5. The number of hydrogen-bond acceptors (Lipinski definition) is 7. The first-order chi connectivity index (χ1) is 24.6. The second-order valence-corrected chi connectivity index (χ2v) is 19.0. The van der Waals surface area contributed by atoms with Crippen molar-refractivity contribution in [1.29, 1.82) is 0 Å². The van der Waals surface area contributed by atoms with Crippen LogP contribution < -0.4 is 9.80 Å². The Bertz CT molecular complexity index is 1860. The van der Waals surface area contributed by atoms with Gasteiger partial charge in [-0.15, -0.1) is 5.10 Å². The average Bonchev–Trinajstić information content (AvgIpc) is 3.77. The number of benzene rings is 3. The van der Waals surface area contributed by atoms with Crippen molar-refractivity contribution in [2.24, 2.45) is 5.92 Å². The molecule has 3 aliphatic rings. The van der Waals surface area contributed by atoms with Gasteiger partial charge in [-0.25, -0.2) is 0 Å². The van der Waals surface area contributed by atoms with Gasteiger partial charge in [-0.2, -0.15) is 0 Å². The lowest BCUT2D eigenvalue weighted by Crippen LogP contribution is -2.46. The van der Waals surface area contributed by atoms with Gasteiger partial charge in [0.25, 0.3) is 5.91 Å². The van der Waals surface area contributed by atoms with Gasteiger partial charge in [0, 0.05) is 48.4 Å². The third-order valence-corrected chi connectivity index (χ3v) is 13.7. The average molecular weight is 708 g/mol. The molecule has 5 atom stereocenters. The van der Waals surface area contributed by atoms with Crippen molar-refractivity contribution in [2.45, 2.75) is 94.8 Å². The molecule has 4 aromatic rings. The van der Waals surface area contributed by atoms with Crippen LogP contribution >= 0.6 is 0 Å². The van der Waals surface area contributed by atoms with Crippen molar-refractivity contribution < 1.29 is 24.2 Å². The summed E-state index contributed by atoms with van der Waals surface area (Å²) in [6, 6.07) is 25.7. The fourth-order valence-electron chi connectivity index (χ4n) is 8.79. The molecule has 2 N–H and O–H groups in total. The van der Waals surface area contributed by atoms with Crippen LogP contribution in [0.3, 0.4) is 0 Å². The molecule has 0 radical (unpaired) electrons. The maximum Gasteiger partial charge on any atom is 0.264 e. The largest absolute Gasteiger partial charge is 0.432 e. The van der Waals surface area contributed by atoms with E-state index in [2.05, 4.69) is 17.2 Å². The van der Waals surface area contributed by atoms with Gasteiger partial charge < -0.3 is 24.4 Å². The van der Waals surface area contributed by atoms with Crippen LogP contribution in [0.25, 0.3) is 0 Å². The number of aliphatic hydroxyl groups is 1. The van der Waals surface area contributed by atoms with E-state index in [-0.39, 0.29) is 41.9 Å². The third-order valence-electron chi connectivity index (χ3n) is 11.2. The smallest absolute Gasteiger partial charge is 0.264 e. The van der Waals surface area contributed by atoms with Gasteiger partial charge in [-0.05, 0) is 61.7 Å². The molecule has 11 heteroatoms. The summed E-state index contributed by atoms with van der Waals surface area (Å²) in [6.07, 6.45) is 6.68. The van der Waals surface area contributed by atoms with Crippen LogP contribution in [0.2, 0.25) is 18.6 Å². The molecule has 3 aliphatic heterocycles. The van der Waals surface area contributed by atoms with E-state index in [4.69, 9.17) is 4.74 Å². The summed E-state index contributed by atoms with van der Waals surface area (Å²) >= 11 is 0. The fraction of sp³-hybridized carbons (Fsp3) is 0.450. The summed E-state index contributed by atoms with van der Waals surface area (Å²) < 4.78 is 8.79. The Morgan fingerprint density at radius 3 is 2.53 bits per heavy atom. The molecule has 0 aliphatic carbocycles. The van der Waals surface area contributed by atoms with E-state index in [0.29, 0.717) is 38.2 Å². The number of aliphatic hydroxyl groups excluding tert-OH is 1. The molecule has 2 saturated heterocycles. The molecule has 0 saturated carbocycles.